The van der Waals surface area contributed by atoms with Crippen LogP contribution in [0.2, 0.25) is 0 Å². The average Bonchev–Trinajstić information content (AvgIpc) is 2.87. The van der Waals surface area contributed by atoms with Crippen LogP contribution in [0.15, 0.2) is 17.1 Å². The third kappa shape index (κ3) is 2.45. The first kappa shape index (κ1) is 12.8. The number of benzene rings is 1. The topological polar surface area (TPSA) is 24.4 Å². The van der Waals surface area contributed by atoms with Gasteiger partial charge in [0.15, 0.2) is 22.6 Å². The number of halogens is 3. The van der Waals surface area contributed by atoms with Gasteiger partial charge in [-0.15, -0.1) is 0 Å². The molecule has 1 aromatic carbocycles. The summed E-state index contributed by atoms with van der Waals surface area (Å²) in [6.45, 7) is 0. The van der Waals surface area contributed by atoms with E-state index in [-0.39, 0.29) is 11.7 Å². The molecule has 0 amide bonds. The lowest BCUT2D eigenvalue weighted by Gasteiger charge is -2.23. The Hall–Kier alpha value is -1.17. The predicted molar refractivity (Wildman–Crippen MR) is 71.0 cm³/mol. The van der Waals surface area contributed by atoms with Crippen LogP contribution >= 0.6 is 11.8 Å². The lowest BCUT2D eigenvalue weighted by atomic mass is 10.1. The normalized spacial score (nSPS) is 25.9. The summed E-state index contributed by atoms with van der Waals surface area (Å²) in [5, 5.41) is 3.35. The van der Waals surface area contributed by atoms with E-state index in [1.165, 1.54) is 30.7 Å². The van der Waals surface area contributed by atoms with Crippen molar-refractivity contribution >= 4 is 22.6 Å². The molecule has 0 saturated heterocycles. The van der Waals surface area contributed by atoms with Crippen molar-refractivity contribution in [3.05, 3.63) is 29.6 Å². The molecule has 1 aromatic rings. The van der Waals surface area contributed by atoms with Crippen molar-refractivity contribution < 1.29 is 13.2 Å². The van der Waals surface area contributed by atoms with E-state index < -0.39 is 17.5 Å². The molecule has 1 aliphatic carbocycles. The molecular weight excluding hydrogens is 273 g/mol. The molecule has 1 fully saturated rings. The van der Waals surface area contributed by atoms with Gasteiger partial charge in [-0.3, -0.25) is 4.99 Å². The number of rotatable bonds is 1. The minimum Gasteiger partial charge on any atom is -0.332 e. The summed E-state index contributed by atoms with van der Waals surface area (Å²) in [6.07, 6.45) is 3.41. The number of aliphatic imine (C=N–C) groups is 1. The van der Waals surface area contributed by atoms with E-state index >= 15 is 0 Å². The molecule has 1 aliphatic heterocycles. The van der Waals surface area contributed by atoms with Crippen LogP contribution in [0, 0.1) is 23.4 Å². The maximum Gasteiger partial charge on any atom is 0.196 e. The first-order valence-electron chi connectivity index (χ1n) is 6.26. The van der Waals surface area contributed by atoms with Gasteiger partial charge in [0, 0.05) is 5.75 Å². The van der Waals surface area contributed by atoms with Gasteiger partial charge in [-0.2, -0.15) is 0 Å². The quantitative estimate of drug-likeness (QED) is 0.794. The van der Waals surface area contributed by atoms with Gasteiger partial charge in [-0.25, -0.2) is 13.2 Å². The van der Waals surface area contributed by atoms with Crippen LogP contribution in [0.25, 0.3) is 0 Å². The van der Waals surface area contributed by atoms with Crippen LogP contribution < -0.4 is 5.32 Å². The summed E-state index contributed by atoms with van der Waals surface area (Å²) in [7, 11) is 0. The second-order valence-electron chi connectivity index (χ2n) is 4.85. The number of anilines is 1. The SMILES string of the molecule is Fc1ccc(NC2=NC3CCCC3CS2)c(F)c1F. The Bertz CT molecular complexity index is 533. The van der Waals surface area contributed by atoms with Crippen molar-refractivity contribution in [2.75, 3.05) is 11.1 Å². The highest BCUT2D eigenvalue weighted by atomic mass is 32.2. The van der Waals surface area contributed by atoms with Gasteiger partial charge in [0.05, 0.1) is 11.7 Å². The molecule has 0 aromatic heterocycles. The highest BCUT2D eigenvalue weighted by molar-refractivity contribution is 8.14. The van der Waals surface area contributed by atoms with Crippen molar-refractivity contribution in [1.82, 2.24) is 0 Å². The largest absolute Gasteiger partial charge is 0.332 e. The van der Waals surface area contributed by atoms with Crippen LogP contribution in [-0.4, -0.2) is 17.0 Å². The third-order valence-electron chi connectivity index (χ3n) is 3.61. The molecule has 0 bridgehead atoms. The molecule has 3 rings (SSSR count). The Morgan fingerprint density at radius 1 is 1.16 bits per heavy atom. The minimum absolute atomic E-state index is 0.0680. The fourth-order valence-electron chi connectivity index (χ4n) is 2.56. The average molecular weight is 286 g/mol. The molecule has 1 saturated carbocycles. The molecule has 2 unspecified atom stereocenters. The Morgan fingerprint density at radius 3 is 2.84 bits per heavy atom. The number of fused-ring (bicyclic) bond motifs is 1. The molecule has 1 heterocycles. The van der Waals surface area contributed by atoms with Crippen LogP contribution in [0.1, 0.15) is 19.3 Å². The highest BCUT2D eigenvalue weighted by Crippen LogP contribution is 2.36. The molecule has 6 heteroatoms. The number of amidine groups is 1. The van der Waals surface area contributed by atoms with Crippen molar-refractivity contribution in [3.8, 4) is 0 Å². The van der Waals surface area contributed by atoms with Gasteiger partial charge >= 0.3 is 0 Å². The smallest absolute Gasteiger partial charge is 0.196 e. The fourth-order valence-corrected chi connectivity index (χ4v) is 3.71. The van der Waals surface area contributed by atoms with Gasteiger partial charge < -0.3 is 5.32 Å². The summed E-state index contributed by atoms with van der Waals surface area (Å²) in [4.78, 5) is 4.52. The fraction of sp³-hybridized carbons (Fsp3) is 0.462. The van der Waals surface area contributed by atoms with E-state index in [0.29, 0.717) is 11.1 Å². The molecule has 1 N–H and O–H groups in total. The lowest BCUT2D eigenvalue weighted by molar-refractivity contribution is 0.449. The molecule has 19 heavy (non-hydrogen) atoms. The van der Waals surface area contributed by atoms with Gasteiger partial charge in [0.2, 0.25) is 0 Å². The van der Waals surface area contributed by atoms with Crippen molar-refractivity contribution in [2.24, 2.45) is 10.9 Å². The Balaban J connectivity index is 1.80. The molecule has 2 aliphatic rings. The summed E-state index contributed by atoms with van der Waals surface area (Å²) < 4.78 is 39.5. The van der Waals surface area contributed by atoms with E-state index in [0.717, 1.165) is 18.2 Å². The first-order chi connectivity index (χ1) is 9.15. The molecule has 0 radical (unpaired) electrons. The number of thioether (sulfide) groups is 1. The number of nitrogens with one attached hydrogen (secondary N) is 1. The van der Waals surface area contributed by atoms with E-state index in [1.807, 2.05) is 0 Å². The van der Waals surface area contributed by atoms with Crippen LogP contribution in [0.3, 0.4) is 0 Å². The second-order valence-corrected chi connectivity index (χ2v) is 5.86. The standard InChI is InChI=1S/C13H13F3N2S/c14-8-4-5-10(12(16)11(8)15)18-13-17-9-3-1-2-7(9)6-19-13/h4-5,7,9H,1-3,6H2,(H,17,18). The maximum absolute atomic E-state index is 13.5. The van der Waals surface area contributed by atoms with Crippen molar-refractivity contribution in [2.45, 2.75) is 25.3 Å². The molecule has 102 valence electrons. The van der Waals surface area contributed by atoms with Crippen LogP contribution in [0.4, 0.5) is 18.9 Å². The summed E-state index contributed by atoms with van der Waals surface area (Å²) in [6, 6.07) is 2.39. The van der Waals surface area contributed by atoms with Crippen molar-refractivity contribution in [3.63, 3.8) is 0 Å². The van der Waals surface area contributed by atoms with Gasteiger partial charge in [0.25, 0.3) is 0 Å². The molecule has 2 atom stereocenters. The van der Waals surface area contributed by atoms with Gasteiger partial charge in [0.1, 0.15) is 0 Å². The molecule has 0 spiro atoms. The minimum atomic E-state index is -1.45. The van der Waals surface area contributed by atoms with Crippen molar-refractivity contribution in [1.29, 1.82) is 0 Å². The zero-order valence-electron chi connectivity index (χ0n) is 10.1. The predicted octanol–water partition coefficient (Wildman–Crippen LogP) is 3.79. The monoisotopic (exact) mass is 286 g/mol. The maximum atomic E-state index is 13.5. The van der Waals surface area contributed by atoms with E-state index in [9.17, 15) is 13.2 Å². The number of nitrogens with zero attached hydrogens (tertiary/aromatic N) is 1. The van der Waals surface area contributed by atoms with Crippen LogP contribution in [0.5, 0.6) is 0 Å². The first-order valence-corrected chi connectivity index (χ1v) is 7.25. The van der Waals surface area contributed by atoms with E-state index in [2.05, 4.69) is 10.3 Å². The van der Waals surface area contributed by atoms with E-state index in [1.54, 1.807) is 0 Å². The Kier molecular flexibility index (Phi) is 3.43. The number of hydrogen-bond donors (Lipinski definition) is 1. The van der Waals surface area contributed by atoms with E-state index in [4.69, 9.17) is 0 Å². The lowest BCUT2D eigenvalue weighted by Crippen LogP contribution is -2.25. The van der Waals surface area contributed by atoms with Gasteiger partial charge in [-0.05, 0) is 30.9 Å². The van der Waals surface area contributed by atoms with Gasteiger partial charge in [-0.1, -0.05) is 18.2 Å². The molecule has 2 nitrogen and oxygen atoms in total. The Labute approximate surface area is 113 Å². The zero-order valence-corrected chi connectivity index (χ0v) is 10.9. The van der Waals surface area contributed by atoms with Crippen LogP contribution in [-0.2, 0) is 0 Å². The summed E-state index contributed by atoms with van der Waals surface area (Å²) in [5.74, 6) is -2.29. The number of hydrogen-bond acceptors (Lipinski definition) is 3. The highest BCUT2D eigenvalue weighted by Gasteiger charge is 2.31. The zero-order chi connectivity index (χ0) is 13.4. The third-order valence-corrected chi connectivity index (χ3v) is 4.69. The summed E-state index contributed by atoms with van der Waals surface area (Å²) >= 11 is 1.51. The second kappa shape index (κ2) is 5.07. The summed E-state index contributed by atoms with van der Waals surface area (Å²) in [5.41, 5.74) is -0.0680. The molecular formula is C13H13F3N2S. The Morgan fingerprint density at radius 2 is 2.00 bits per heavy atom.